The van der Waals surface area contributed by atoms with E-state index in [1.807, 2.05) is 31.3 Å². The van der Waals surface area contributed by atoms with Crippen molar-refractivity contribution in [1.82, 2.24) is 10.2 Å². The minimum absolute atomic E-state index is 0.745. The largest absolute Gasteiger partial charge is 0.497 e. The van der Waals surface area contributed by atoms with Crippen molar-refractivity contribution in [3.8, 4) is 11.5 Å². The van der Waals surface area contributed by atoms with Crippen LogP contribution in [-0.2, 0) is 6.54 Å². The maximum Gasteiger partial charge on any atom is 0.194 e. The first-order chi connectivity index (χ1) is 13.2. The topological polar surface area (TPSA) is 49.3 Å². The molecule has 0 bridgehead atoms. The molecule has 3 rings (SSSR count). The number of anilines is 1. The number of benzene rings is 2. The lowest BCUT2D eigenvalue weighted by Crippen LogP contribution is -2.52. The van der Waals surface area contributed by atoms with Crippen LogP contribution in [0.15, 0.2) is 53.5 Å². The number of hydrogen-bond donors (Lipinski definition) is 1. The lowest BCUT2D eigenvalue weighted by molar-refractivity contribution is 0.372. The summed E-state index contributed by atoms with van der Waals surface area (Å²) in [6.07, 6.45) is 0. The molecule has 0 saturated carbocycles. The fourth-order valence-corrected chi connectivity index (χ4v) is 3.23. The number of piperazine rings is 1. The van der Waals surface area contributed by atoms with E-state index in [0.717, 1.165) is 50.2 Å². The fourth-order valence-electron chi connectivity index (χ4n) is 3.23. The van der Waals surface area contributed by atoms with Gasteiger partial charge in [-0.2, -0.15) is 0 Å². The van der Waals surface area contributed by atoms with Crippen LogP contribution in [0.1, 0.15) is 5.56 Å². The van der Waals surface area contributed by atoms with Gasteiger partial charge >= 0.3 is 0 Å². The van der Waals surface area contributed by atoms with Gasteiger partial charge < -0.3 is 24.6 Å². The quantitative estimate of drug-likeness (QED) is 0.649. The second-order valence-electron chi connectivity index (χ2n) is 6.42. The molecule has 6 heteroatoms. The van der Waals surface area contributed by atoms with E-state index in [0.29, 0.717) is 0 Å². The molecule has 0 spiro atoms. The molecule has 1 heterocycles. The Labute approximate surface area is 161 Å². The van der Waals surface area contributed by atoms with Crippen LogP contribution < -0.4 is 19.7 Å². The number of rotatable bonds is 5. The number of ether oxygens (including phenoxy) is 2. The van der Waals surface area contributed by atoms with Gasteiger partial charge in [0.1, 0.15) is 11.5 Å². The third-order valence-electron chi connectivity index (χ3n) is 4.84. The fraction of sp³-hybridized carbons (Fsp3) is 0.381. The number of hydrogen-bond acceptors (Lipinski definition) is 4. The monoisotopic (exact) mass is 368 g/mol. The predicted octanol–water partition coefficient (Wildman–Crippen LogP) is 2.60. The molecule has 1 aliphatic rings. The Balaban J connectivity index is 1.51. The van der Waals surface area contributed by atoms with Gasteiger partial charge in [0, 0.05) is 45.5 Å². The van der Waals surface area contributed by atoms with E-state index in [9.17, 15) is 0 Å². The zero-order chi connectivity index (χ0) is 19.1. The summed E-state index contributed by atoms with van der Waals surface area (Å²) in [7, 11) is 5.21. The Morgan fingerprint density at radius 3 is 1.96 bits per heavy atom. The summed E-state index contributed by atoms with van der Waals surface area (Å²) in [5.41, 5.74) is 2.44. The van der Waals surface area contributed by atoms with Gasteiger partial charge in [0.15, 0.2) is 5.96 Å². The molecule has 1 aliphatic heterocycles. The molecule has 0 aromatic heterocycles. The van der Waals surface area contributed by atoms with Gasteiger partial charge in [-0.05, 0) is 42.0 Å². The first kappa shape index (κ1) is 18.9. The van der Waals surface area contributed by atoms with Crippen LogP contribution in [-0.4, -0.2) is 58.3 Å². The molecule has 1 fully saturated rings. The van der Waals surface area contributed by atoms with Crippen molar-refractivity contribution < 1.29 is 9.47 Å². The molecule has 0 unspecified atom stereocenters. The van der Waals surface area contributed by atoms with Gasteiger partial charge in [0.25, 0.3) is 0 Å². The van der Waals surface area contributed by atoms with Crippen molar-refractivity contribution in [3.63, 3.8) is 0 Å². The van der Waals surface area contributed by atoms with Crippen molar-refractivity contribution in [3.05, 3.63) is 54.1 Å². The van der Waals surface area contributed by atoms with Gasteiger partial charge in [0.05, 0.1) is 14.2 Å². The lowest BCUT2D eigenvalue weighted by Gasteiger charge is -2.37. The Hall–Kier alpha value is -2.89. The van der Waals surface area contributed by atoms with E-state index in [2.05, 4.69) is 44.4 Å². The molecule has 0 radical (unpaired) electrons. The minimum Gasteiger partial charge on any atom is -0.497 e. The van der Waals surface area contributed by atoms with Crippen LogP contribution in [0, 0.1) is 0 Å². The van der Waals surface area contributed by atoms with Crippen molar-refractivity contribution in [2.45, 2.75) is 6.54 Å². The molecule has 0 amide bonds. The molecule has 1 saturated heterocycles. The second kappa shape index (κ2) is 9.16. The summed E-state index contributed by atoms with van der Waals surface area (Å²) in [5.74, 6) is 2.71. The van der Waals surface area contributed by atoms with Crippen LogP contribution in [0.3, 0.4) is 0 Å². The average Bonchev–Trinajstić information content (AvgIpc) is 2.75. The number of methoxy groups -OCH3 is 2. The molecular formula is C21H28N4O2. The van der Waals surface area contributed by atoms with E-state index < -0.39 is 0 Å². The molecule has 144 valence electrons. The van der Waals surface area contributed by atoms with E-state index in [1.165, 1.54) is 11.3 Å². The second-order valence-corrected chi connectivity index (χ2v) is 6.42. The van der Waals surface area contributed by atoms with Crippen LogP contribution in [0.2, 0.25) is 0 Å². The third-order valence-corrected chi connectivity index (χ3v) is 4.84. The zero-order valence-corrected chi connectivity index (χ0v) is 16.3. The van der Waals surface area contributed by atoms with Gasteiger partial charge in [-0.25, -0.2) is 0 Å². The predicted molar refractivity (Wildman–Crippen MR) is 110 cm³/mol. The number of nitrogens with one attached hydrogen (secondary N) is 1. The van der Waals surface area contributed by atoms with Gasteiger partial charge in [-0.15, -0.1) is 0 Å². The number of aliphatic imine (C=N–C) groups is 1. The third kappa shape index (κ3) is 4.84. The van der Waals surface area contributed by atoms with Crippen LogP contribution in [0.5, 0.6) is 11.5 Å². The number of nitrogens with zero attached hydrogens (tertiary/aromatic N) is 3. The number of guanidine groups is 1. The van der Waals surface area contributed by atoms with Crippen molar-refractivity contribution in [2.75, 3.05) is 52.3 Å². The first-order valence-corrected chi connectivity index (χ1v) is 9.21. The summed E-state index contributed by atoms with van der Waals surface area (Å²) in [4.78, 5) is 9.16. The molecule has 1 N–H and O–H groups in total. The molecule has 2 aromatic carbocycles. The van der Waals surface area contributed by atoms with E-state index in [1.54, 1.807) is 14.2 Å². The zero-order valence-electron chi connectivity index (χ0n) is 16.3. The normalized spacial score (nSPS) is 14.9. The summed E-state index contributed by atoms with van der Waals surface area (Å²) in [6, 6.07) is 16.4. The SMILES string of the molecule is CN=C(NCc1ccc(OC)cc1)N1CCN(c2ccc(OC)cc2)CC1. The Morgan fingerprint density at radius 1 is 0.889 bits per heavy atom. The van der Waals surface area contributed by atoms with Gasteiger partial charge in [-0.1, -0.05) is 12.1 Å². The molecule has 2 aromatic rings. The summed E-state index contributed by atoms with van der Waals surface area (Å²) in [5, 5.41) is 3.46. The highest BCUT2D eigenvalue weighted by Crippen LogP contribution is 2.20. The van der Waals surface area contributed by atoms with Gasteiger partial charge in [0.2, 0.25) is 0 Å². The minimum atomic E-state index is 0.745. The van der Waals surface area contributed by atoms with Crippen molar-refractivity contribution >= 4 is 11.6 Å². The molecular weight excluding hydrogens is 340 g/mol. The average molecular weight is 368 g/mol. The highest BCUT2D eigenvalue weighted by Gasteiger charge is 2.19. The molecule has 0 atom stereocenters. The van der Waals surface area contributed by atoms with Crippen molar-refractivity contribution in [1.29, 1.82) is 0 Å². The highest BCUT2D eigenvalue weighted by atomic mass is 16.5. The Bertz CT molecular complexity index is 736. The molecule has 6 nitrogen and oxygen atoms in total. The highest BCUT2D eigenvalue weighted by molar-refractivity contribution is 5.80. The molecule has 27 heavy (non-hydrogen) atoms. The van der Waals surface area contributed by atoms with Crippen LogP contribution >= 0.6 is 0 Å². The maximum atomic E-state index is 5.24. The van der Waals surface area contributed by atoms with Crippen molar-refractivity contribution in [2.24, 2.45) is 4.99 Å². The summed E-state index contributed by atoms with van der Waals surface area (Å²) in [6.45, 7) is 4.56. The van der Waals surface area contributed by atoms with Gasteiger partial charge in [-0.3, -0.25) is 4.99 Å². The first-order valence-electron chi connectivity index (χ1n) is 9.21. The summed E-state index contributed by atoms with van der Waals surface area (Å²) < 4.78 is 10.4. The van der Waals surface area contributed by atoms with E-state index >= 15 is 0 Å². The Morgan fingerprint density at radius 2 is 1.44 bits per heavy atom. The Kier molecular flexibility index (Phi) is 6.41. The maximum absolute atomic E-state index is 5.24. The standard InChI is InChI=1S/C21H28N4O2/c1-22-21(23-16-17-4-8-19(26-2)9-5-17)25-14-12-24(13-15-25)18-6-10-20(27-3)11-7-18/h4-11H,12-16H2,1-3H3,(H,22,23). The van der Waals surface area contributed by atoms with E-state index in [4.69, 9.17) is 9.47 Å². The smallest absolute Gasteiger partial charge is 0.194 e. The van der Waals surface area contributed by atoms with Crippen LogP contribution in [0.25, 0.3) is 0 Å². The van der Waals surface area contributed by atoms with Crippen LogP contribution in [0.4, 0.5) is 5.69 Å². The van der Waals surface area contributed by atoms with E-state index in [-0.39, 0.29) is 0 Å². The molecule has 0 aliphatic carbocycles. The summed E-state index contributed by atoms with van der Waals surface area (Å²) >= 11 is 0. The lowest BCUT2D eigenvalue weighted by atomic mass is 10.2.